The van der Waals surface area contributed by atoms with Gasteiger partial charge >= 0.3 is 0 Å². The number of carbonyl (C=O) groups is 2. The first-order valence-corrected chi connectivity index (χ1v) is 8.65. The second-order valence-electron chi connectivity index (χ2n) is 5.12. The van der Waals surface area contributed by atoms with Crippen molar-refractivity contribution < 1.29 is 14.3 Å². The van der Waals surface area contributed by atoms with Crippen molar-refractivity contribution in [1.82, 2.24) is 5.32 Å². The summed E-state index contributed by atoms with van der Waals surface area (Å²) in [5.41, 5.74) is 2.27. The molecule has 0 saturated carbocycles. The maximum Gasteiger partial charge on any atom is 0.255 e. The monoisotopic (exact) mass is 438 g/mol. The van der Waals surface area contributed by atoms with Crippen LogP contribution in [0.2, 0.25) is 0 Å². The normalized spacial score (nSPS) is 10.1. The highest BCUT2D eigenvalue weighted by Gasteiger charge is 2.13. The van der Waals surface area contributed by atoms with Gasteiger partial charge in [-0.25, -0.2) is 0 Å². The number of hydrogen-bond donors (Lipinski definition) is 2. The third kappa shape index (κ3) is 4.95. The van der Waals surface area contributed by atoms with Gasteiger partial charge in [0.15, 0.2) is 0 Å². The lowest BCUT2D eigenvalue weighted by Crippen LogP contribution is -2.33. The van der Waals surface area contributed by atoms with Crippen LogP contribution in [0.15, 0.2) is 42.5 Å². The molecule has 0 spiro atoms. The molecule has 126 valence electrons. The highest BCUT2D eigenvalue weighted by atomic mass is 127. The van der Waals surface area contributed by atoms with Gasteiger partial charge in [0.25, 0.3) is 5.91 Å². The minimum atomic E-state index is -0.340. The zero-order valence-electron chi connectivity index (χ0n) is 13.6. The number of aryl methyl sites for hydroxylation is 1. The Labute approximate surface area is 154 Å². The average Bonchev–Trinajstić information content (AvgIpc) is 2.57. The molecule has 0 atom stereocenters. The van der Waals surface area contributed by atoms with Gasteiger partial charge in [-0.3, -0.25) is 9.59 Å². The number of rotatable bonds is 6. The molecule has 0 aliphatic carbocycles. The molecule has 2 aromatic rings. The molecule has 0 aliphatic heterocycles. The van der Waals surface area contributed by atoms with Crippen LogP contribution in [0.1, 0.15) is 22.8 Å². The fourth-order valence-electron chi connectivity index (χ4n) is 2.07. The fourth-order valence-corrected chi connectivity index (χ4v) is 2.58. The molecule has 0 unspecified atom stereocenters. The lowest BCUT2D eigenvalue weighted by molar-refractivity contribution is -0.115. The number of para-hydroxylation sites is 1. The Hall–Kier alpha value is -2.09. The van der Waals surface area contributed by atoms with Gasteiger partial charge in [0, 0.05) is 9.26 Å². The van der Waals surface area contributed by atoms with Gasteiger partial charge in [-0.2, -0.15) is 0 Å². The lowest BCUT2D eigenvalue weighted by atomic mass is 10.2. The summed E-state index contributed by atoms with van der Waals surface area (Å²) in [5.74, 6) is -0.115. The van der Waals surface area contributed by atoms with E-state index in [4.69, 9.17) is 4.74 Å². The molecule has 0 aliphatic rings. The molecule has 0 radical (unpaired) electrons. The molecule has 5 nitrogen and oxygen atoms in total. The van der Waals surface area contributed by atoms with E-state index in [1.54, 1.807) is 24.3 Å². The molecular weight excluding hydrogens is 419 g/mol. The van der Waals surface area contributed by atoms with Crippen LogP contribution in [0.25, 0.3) is 0 Å². The number of hydrogen-bond acceptors (Lipinski definition) is 3. The maximum absolute atomic E-state index is 12.2. The van der Waals surface area contributed by atoms with Gasteiger partial charge in [-0.15, -0.1) is 0 Å². The van der Waals surface area contributed by atoms with Crippen LogP contribution < -0.4 is 15.4 Å². The molecule has 0 aromatic heterocycles. The van der Waals surface area contributed by atoms with Crippen molar-refractivity contribution in [2.75, 3.05) is 18.5 Å². The second kappa shape index (κ2) is 8.68. The van der Waals surface area contributed by atoms with Crippen molar-refractivity contribution in [2.24, 2.45) is 0 Å². The van der Waals surface area contributed by atoms with Crippen LogP contribution in [0.5, 0.6) is 5.75 Å². The van der Waals surface area contributed by atoms with E-state index in [9.17, 15) is 9.59 Å². The summed E-state index contributed by atoms with van der Waals surface area (Å²) in [6.07, 6.45) is 0. The van der Waals surface area contributed by atoms with Crippen molar-refractivity contribution in [1.29, 1.82) is 0 Å². The summed E-state index contributed by atoms with van der Waals surface area (Å²) >= 11 is 2.21. The molecule has 0 saturated heterocycles. The molecule has 6 heteroatoms. The summed E-state index contributed by atoms with van der Waals surface area (Å²) in [6, 6.07) is 12.6. The Morgan fingerprint density at radius 3 is 2.62 bits per heavy atom. The number of anilines is 1. The fraction of sp³-hybridized carbons (Fsp3) is 0.222. The van der Waals surface area contributed by atoms with Crippen LogP contribution in [0.4, 0.5) is 5.69 Å². The van der Waals surface area contributed by atoms with Crippen LogP contribution >= 0.6 is 22.6 Å². The van der Waals surface area contributed by atoms with Gasteiger partial charge in [-0.1, -0.05) is 18.2 Å². The van der Waals surface area contributed by atoms with E-state index in [0.717, 1.165) is 9.13 Å². The van der Waals surface area contributed by atoms with E-state index in [1.165, 1.54) is 0 Å². The van der Waals surface area contributed by atoms with Gasteiger partial charge in [0.1, 0.15) is 5.75 Å². The van der Waals surface area contributed by atoms with E-state index in [-0.39, 0.29) is 18.4 Å². The molecule has 2 N–H and O–H groups in total. The number of amides is 2. The van der Waals surface area contributed by atoms with Gasteiger partial charge in [-0.05, 0) is 66.3 Å². The molecule has 0 fully saturated rings. The van der Waals surface area contributed by atoms with E-state index >= 15 is 0 Å². The first-order valence-electron chi connectivity index (χ1n) is 7.57. The summed E-state index contributed by atoms with van der Waals surface area (Å²) in [7, 11) is 0. The smallest absolute Gasteiger partial charge is 0.255 e. The predicted octanol–water partition coefficient (Wildman–Crippen LogP) is 3.37. The number of benzene rings is 2. The Morgan fingerprint density at radius 2 is 1.92 bits per heavy atom. The van der Waals surface area contributed by atoms with E-state index in [1.807, 2.05) is 32.0 Å². The average molecular weight is 438 g/mol. The molecular formula is C18H19IN2O3. The minimum absolute atomic E-state index is 0.107. The van der Waals surface area contributed by atoms with E-state index in [2.05, 4.69) is 33.2 Å². The Morgan fingerprint density at radius 1 is 1.17 bits per heavy atom. The quantitative estimate of drug-likeness (QED) is 0.680. The molecule has 24 heavy (non-hydrogen) atoms. The summed E-state index contributed by atoms with van der Waals surface area (Å²) in [6.45, 7) is 4.22. The largest absolute Gasteiger partial charge is 0.493 e. The van der Waals surface area contributed by atoms with Crippen molar-refractivity contribution in [2.45, 2.75) is 13.8 Å². The topological polar surface area (TPSA) is 67.4 Å². The van der Waals surface area contributed by atoms with Crippen LogP contribution in [0, 0.1) is 10.5 Å². The highest BCUT2D eigenvalue weighted by Crippen LogP contribution is 2.18. The van der Waals surface area contributed by atoms with E-state index < -0.39 is 0 Å². The Bertz CT molecular complexity index is 747. The lowest BCUT2D eigenvalue weighted by Gasteiger charge is -2.11. The SMILES string of the molecule is CCOc1ccccc1C(=O)NCC(=O)Nc1ccc(C)c(I)c1. The van der Waals surface area contributed by atoms with Gasteiger partial charge < -0.3 is 15.4 Å². The van der Waals surface area contributed by atoms with Crippen molar-refractivity contribution >= 4 is 40.1 Å². The van der Waals surface area contributed by atoms with Crippen molar-refractivity contribution in [3.8, 4) is 5.75 Å². The molecule has 2 rings (SSSR count). The molecule has 0 bridgehead atoms. The summed E-state index contributed by atoms with van der Waals surface area (Å²) in [5, 5.41) is 5.38. The predicted molar refractivity (Wildman–Crippen MR) is 102 cm³/mol. The Balaban J connectivity index is 1.94. The summed E-state index contributed by atoms with van der Waals surface area (Å²) < 4.78 is 6.49. The Kier molecular flexibility index (Phi) is 6.60. The first kappa shape index (κ1) is 18.3. The molecule has 2 amide bonds. The minimum Gasteiger partial charge on any atom is -0.493 e. The van der Waals surface area contributed by atoms with E-state index in [0.29, 0.717) is 23.6 Å². The van der Waals surface area contributed by atoms with Gasteiger partial charge in [0.05, 0.1) is 18.7 Å². The standard InChI is InChI=1S/C18H19IN2O3/c1-3-24-16-7-5-4-6-14(16)18(23)20-11-17(22)21-13-9-8-12(2)15(19)10-13/h4-10H,3,11H2,1-2H3,(H,20,23)(H,21,22). The van der Waals surface area contributed by atoms with Crippen LogP contribution in [-0.4, -0.2) is 25.0 Å². The highest BCUT2D eigenvalue weighted by molar-refractivity contribution is 14.1. The number of carbonyl (C=O) groups excluding carboxylic acids is 2. The van der Waals surface area contributed by atoms with Gasteiger partial charge in [0.2, 0.25) is 5.91 Å². The second-order valence-corrected chi connectivity index (χ2v) is 6.29. The third-order valence-electron chi connectivity index (χ3n) is 3.30. The maximum atomic E-state index is 12.2. The summed E-state index contributed by atoms with van der Waals surface area (Å²) in [4.78, 5) is 24.2. The van der Waals surface area contributed by atoms with Crippen LogP contribution in [0.3, 0.4) is 0 Å². The zero-order chi connectivity index (χ0) is 17.5. The first-order chi connectivity index (χ1) is 11.5. The van der Waals surface area contributed by atoms with Crippen LogP contribution in [-0.2, 0) is 4.79 Å². The third-order valence-corrected chi connectivity index (χ3v) is 4.46. The van der Waals surface area contributed by atoms with Crippen molar-refractivity contribution in [3.63, 3.8) is 0 Å². The molecule has 0 heterocycles. The number of nitrogens with one attached hydrogen (secondary N) is 2. The number of halogens is 1. The molecule has 2 aromatic carbocycles. The number of ether oxygens (including phenoxy) is 1. The van der Waals surface area contributed by atoms with Crippen molar-refractivity contribution in [3.05, 3.63) is 57.2 Å². The zero-order valence-corrected chi connectivity index (χ0v) is 15.7.